The Morgan fingerprint density at radius 2 is 1.44 bits per heavy atom. The Hall–Kier alpha value is -4.47. The van der Waals surface area contributed by atoms with Crippen LogP contribution in [0.3, 0.4) is 0 Å². The molecule has 0 amide bonds. The number of esters is 1. The van der Waals surface area contributed by atoms with Gasteiger partial charge in [-0.15, -0.1) is 0 Å². The summed E-state index contributed by atoms with van der Waals surface area (Å²) in [4.78, 5) is 16.7. The van der Waals surface area contributed by atoms with E-state index in [0.29, 0.717) is 30.3 Å². The van der Waals surface area contributed by atoms with Gasteiger partial charge in [-0.05, 0) is 193 Å². The van der Waals surface area contributed by atoms with Gasteiger partial charge >= 0.3 is 5.97 Å². The van der Waals surface area contributed by atoms with Crippen LogP contribution in [0.1, 0.15) is 96.6 Å². The van der Waals surface area contributed by atoms with E-state index in [1.165, 1.54) is 41.0 Å². The highest BCUT2D eigenvalue weighted by atomic mass is 16.5. The highest BCUT2D eigenvalue weighted by Gasteiger charge is 2.73. The summed E-state index contributed by atoms with van der Waals surface area (Å²) in [5, 5.41) is 30.1. The van der Waals surface area contributed by atoms with Crippen LogP contribution in [0, 0.1) is 5.41 Å². The molecule has 0 radical (unpaired) electrons. The normalized spacial score (nSPS) is 32.9. The molecule has 236 valence electrons. The van der Waals surface area contributed by atoms with Crippen molar-refractivity contribution in [2.24, 2.45) is 5.41 Å². The first-order valence-electron chi connectivity index (χ1n) is 19.4. The van der Waals surface area contributed by atoms with Crippen molar-refractivity contribution in [3.05, 3.63) is 62.9 Å². The summed E-state index contributed by atoms with van der Waals surface area (Å²) in [5.41, 5.74) is 9.83. The van der Waals surface area contributed by atoms with Crippen LogP contribution >= 0.6 is 0 Å². The van der Waals surface area contributed by atoms with Crippen LogP contribution in [-0.2, 0) is 14.9 Å². The molecule has 50 heavy (non-hydrogen) atoms. The monoisotopic (exact) mass is 641 g/mol. The molecule has 1 aliphatic heterocycles. The van der Waals surface area contributed by atoms with Gasteiger partial charge in [0.1, 0.15) is 6.04 Å². The molecule has 1 spiro atoms. The van der Waals surface area contributed by atoms with Gasteiger partial charge < -0.3 is 4.74 Å². The number of hydrogen-bond acceptors (Lipinski definition) is 3. The lowest BCUT2D eigenvalue weighted by atomic mass is 9.48. The van der Waals surface area contributed by atoms with Gasteiger partial charge in [-0.2, -0.15) is 0 Å². The van der Waals surface area contributed by atoms with E-state index in [-0.39, 0.29) is 22.8 Å². The van der Waals surface area contributed by atoms with Crippen molar-refractivity contribution in [1.82, 2.24) is 4.90 Å². The second kappa shape index (κ2) is 6.32. The van der Waals surface area contributed by atoms with Crippen molar-refractivity contribution in [3.63, 3.8) is 0 Å². The van der Waals surface area contributed by atoms with E-state index in [4.69, 9.17) is 4.74 Å². The first-order valence-corrected chi connectivity index (χ1v) is 19.4. The number of rotatable bonds is 2. The van der Waals surface area contributed by atoms with Crippen LogP contribution in [0.15, 0.2) is 24.3 Å². The molecule has 10 aromatic carbocycles. The minimum atomic E-state index is -0.234. The molecule has 1 saturated heterocycles. The maximum atomic E-state index is 14.3. The van der Waals surface area contributed by atoms with Gasteiger partial charge in [-0.3, -0.25) is 9.69 Å². The van der Waals surface area contributed by atoms with Crippen molar-refractivity contribution < 1.29 is 9.53 Å². The molecule has 3 heteroatoms. The Balaban J connectivity index is 1.25. The number of ether oxygens (including phenoxy) is 1. The second-order valence-corrected chi connectivity index (χ2v) is 18.4. The van der Waals surface area contributed by atoms with Crippen LogP contribution in [-0.4, -0.2) is 37.1 Å². The lowest BCUT2D eigenvalue weighted by Crippen LogP contribution is -2.54. The Morgan fingerprint density at radius 3 is 2.30 bits per heavy atom. The molecule has 10 aromatic rings. The van der Waals surface area contributed by atoms with Crippen LogP contribution in [0.5, 0.6) is 0 Å². The summed E-state index contributed by atoms with van der Waals surface area (Å²) in [6.07, 6.45) is 7.37. The number of likely N-dealkylation sites (tertiary alicyclic amines) is 1. The molecule has 0 saturated carbocycles. The summed E-state index contributed by atoms with van der Waals surface area (Å²) < 4.78 is 6.00. The SMILES string of the molecule is CCOC(=O)C1N(C)C[C@@]23c4c5c6c7c(ccc8c9ccc%10c%11c%12c%13c%14c%15c(c4c4c%14c%14c%12c%10c9c(c87)c%14c64)C2CCC%15C%13CC=%11)C5CC13C. The Morgan fingerprint density at radius 1 is 0.740 bits per heavy atom. The number of carbonyl (C=O) groups excluding carboxylic acids is 1. The molecular formula is C47H31NO2. The van der Waals surface area contributed by atoms with E-state index in [2.05, 4.69) is 49.2 Å². The minimum absolute atomic E-state index is 0.00366. The number of likely N-dealkylation sites (N-methyl/N-ethyl adjacent to an activating group) is 1. The molecule has 6 unspecified atom stereocenters. The predicted octanol–water partition coefficient (Wildman–Crippen LogP) is 9.64. The van der Waals surface area contributed by atoms with Gasteiger partial charge in [0.05, 0.1) is 6.61 Å². The van der Waals surface area contributed by atoms with E-state index in [1.807, 2.05) is 6.92 Å². The first kappa shape index (κ1) is 23.8. The zero-order valence-electron chi connectivity index (χ0n) is 28.3. The van der Waals surface area contributed by atoms with E-state index in [0.717, 1.165) is 13.0 Å². The van der Waals surface area contributed by atoms with Crippen molar-refractivity contribution in [2.45, 2.75) is 74.7 Å². The van der Waals surface area contributed by atoms with E-state index >= 15 is 0 Å². The highest BCUT2D eigenvalue weighted by molar-refractivity contribution is 6.60. The van der Waals surface area contributed by atoms with Crippen molar-refractivity contribution in [1.29, 1.82) is 0 Å². The quantitative estimate of drug-likeness (QED) is 0.139. The molecule has 7 aliphatic rings. The molecule has 0 N–H and O–H groups in total. The molecule has 1 fully saturated rings. The number of benzene rings is 7. The molecule has 0 bridgehead atoms. The molecule has 17 rings (SSSR count). The van der Waals surface area contributed by atoms with Gasteiger partial charge in [-0.1, -0.05) is 37.3 Å². The molecule has 6 aliphatic carbocycles. The Labute approximate surface area is 285 Å². The second-order valence-electron chi connectivity index (χ2n) is 18.4. The molecule has 0 aromatic heterocycles. The summed E-state index contributed by atoms with van der Waals surface area (Å²) in [6, 6.07) is 9.80. The topological polar surface area (TPSA) is 29.5 Å². The van der Waals surface area contributed by atoms with Crippen LogP contribution in [0.4, 0.5) is 0 Å². The van der Waals surface area contributed by atoms with Gasteiger partial charge in [-0.25, -0.2) is 0 Å². The predicted molar refractivity (Wildman–Crippen MR) is 202 cm³/mol. The van der Waals surface area contributed by atoms with Gasteiger partial charge in [0.15, 0.2) is 0 Å². The maximum absolute atomic E-state index is 14.3. The standard InChI is InChI=1S/C47H31NO2/c1-4-50-45(49)44-46(2)13-22-21-10-9-18-17-6-5-15-16-7-8-19-20-11-12-23-32-30(20)35-27(19)26(16)33-24(15)25(17)34-28(18)29(21)36-31(22)43(47(23,46)14-48(44)3)42(32)41-39(35)37(33)38(34)40(36)41/h5-7,9-10,19-20,22-23,44H,4,8,11-14H2,1-3H3/t19?,20?,22?,23?,44?,46?,47-/m0/s1. The number of hydrogen-bond donors (Lipinski definition) is 0. The van der Waals surface area contributed by atoms with Crippen LogP contribution < -0.4 is 5.22 Å². The number of nitrogens with zero attached hydrogens (tertiary/aromatic N) is 1. The number of carbonyl (C=O) groups is 1. The molecule has 1 heterocycles. The van der Waals surface area contributed by atoms with Crippen LogP contribution in [0.2, 0.25) is 0 Å². The fourth-order valence-corrected chi connectivity index (χ4v) is 16.9. The summed E-state index contributed by atoms with van der Waals surface area (Å²) >= 11 is 0. The molecule has 7 atom stereocenters. The van der Waals surface area contributed by atoms with E-state index in [9.17, 15) is 4.79 Å². The first-order chi connectivity index (χ1) is 24.5. The molecule has 3 nitrogen and oxygen atoms in total. The zero-order chi connectivity index (χ0) is 32.0. The minimum Gasteiger partial charge on any atom is -0.465 e. The van der Waals surface area contributed by atoms with Crippen molar-refractivity contribution >= 4 is 109 Å². The van der Waals surface area contributed by atoms with Gasteiger partial charge in [0, 0.05) is 23.3 Å². The summed E-state index contributed by atoms with van der Waals surface area (Å²) in [7, 11) is 2.24. The van der Waals surface area contributed by atoms with E-state index in [1.54, 1.807) is 114 Å². The Bertz CT molecular complexity index is 3460. The maximum Gasteiger partial charge on any atom is 0.323 e. The Kier molecular flexibility index (Phi) is 3.02. The number of fused-ring (bicyclic) bond motifs is 4. The third-order valence-corrected chi connectivity index (χ3v) is 17.6. The third-order valence-electron chi connectivity index (χ3n) is 17.6. The fraction of sp³-hybridized carbons (Fsp3) is 0.340. The smallest absolute Gasteiger partial charge is 0.323 e. The lowest BCUT2D eigenvalue weighted by Gasteiger charge is -2.53. The van der Waals surface area contributed by atoms with Gasteiger partial charge in [0.2, 0.25) is 0 Å². The average Bonchev–Trinajstić information content (AvgIpc) is 3.95. The fourth-order valence-electron chi connectivity index (χ4n) is 16.9. The lowest BCUT2D eigenvalue weighted by molar-refractivity contribution is -0.152. The van der Waals surface area contributed by atoms with Crippen molar-refractivity contribution in [2.75, 3.05) is 20.2 Å². The van der Waals surface area contributed by atoms with Crippen LogP contribution in [0.25, 0.3) is 103 Å². The van der Waals surface area contributed by atoms with Gasteiger partial charge in [0.25, 0.3) is 0 Å². The largest absolute Gasteiger partial charge is 0.465 e. The van der Waals surface area contributed by atoms with E-state index < -0.39 is 0 Å². The zero-order valence-corrected chi connectivity index (χ0v) is 28.3. The summed E-state index contributed by atoms with van der Waals surface area (Å²) in [5.74, 6) is 1.97. The molecular weight excluding hydrogens is 611 g/mol. The summed E-state index contributed by atoms with van der Waals surface area (Å²) in [6.45, 7) is 5.91. The third kappa shape index (κ3) is 1.69. The average molecular weight is 642 g/mol. The van der Waals surface area contributed by atoms with Crippen molar-refractivity contribution in [3.8, 4) is 0 Å². The highest BCUT2D eigenvalue weighted by Crippen LogP contribution is 2.79.